The number of phenolic OH excluding ortho intramolecular Hbond substituents is 1. The summed E-state index contributed by atoms with van der Waals surface area (Å²) in [7, 11) is 1.45. The fourth-order valence-corrected chi connectivity index (χ4v) is 1.48. The number of hydrogen-bond acceptors (Lipinski definition) is 5. The highest BCUT2D eigenvalue weighted by Crippen LogP contribution is 2.25. The van der Waals surface area contributed by atoms with Crippen molar-refractivity contribution in [3.8, 4) is 11.5 Å². The van der Waals surface area contributed by atoms with Crippen LogP contribution in [0.1, 0.15) is 18.4 Å². The molecule has 2 amide bonds. The Balaban J connectivity index is 1.87. The monoisotopic (exact) mass is 277 g/mol. The topological polar surface area (TPSA) is 100 Å². The summed E-state index contributed by atoms with van der Waals surface area (Å²) < 4.78 is 4.90. The molecule has 0 radical (unpaired) electrons. The first kappa shape index (κ1) is 13.9. The number of nitrogens with zero attached hydrogens (tertiary/aromatic N) is 1. The zero-order valence-corrected chi connectivity index (χ0v) is 10.9. The van der Waals surface area contributed by atoms with Gasteiger partial charge in [-0.25, -0.2) is 5.43 Å². The highest BCUT2D eigenvalue weighted by atomic mass is 16.5. The van der Waals surface area contributed by atoms with Gasteiger partial charge in [0, 0.05) is 6.04 Å². The van der Waals surface area contributed by atoms with E-state index in [0.717, 1.165) is 12.8 Å². The second kappa shape index (κ2) is 6.05. The third-order valence-corrected chi connectivity index (χ3v) is 2.70. The SMILES string of the molecule is COc1ccc(/C=N\NC(=O)C(=O)NC2CC2)cc1O. The van der Waals surface area contributed by atoms with Gasteiger partial charge in [-0.05, 0) is 36.6 Å². The molecule has 1 fully saturated rings. The van der Waals surface area contributed by atoms with Crippen LogP contribution in [0.2, 0.25) is 0 Å². The van der Waals surface area contributed by atoms with Crippen molar-refractivity contribution in [1.82, 2.24) is 10.7 Å². The molecule has 0 saturated heterocycles. The minimum absolute atomic E-state index is 0.0331. The molecular formula is C13H15N3O4. The Labute approximate surface area is 115 Å². The number of benzene rings is 1. The molecule has 3 N–H and O–H groups in total. The van der Waals surface area contributed by atoms with Crippen LogP contribution >= 0.6 is 0 Å². The van der Waals surface area contributed by atoms with E-state index in [1.807, 2.05) is 0 Å². The smallest absolute Gasteiger partial charge is 0.329 e. The molecule has 0 unspecified atom stereocenters. The van der Waals surface area contributed by atoms with Crippen molar-refractivity contribution in [3.63, 3.8) is 0 Å². The Morgan fingerprint density at radius 3 is 2.75 bits per heavy atom. The maximum Gasteiger partial charge on any atom is 0.329 e. The lowest BCUT2D eigenvalue weighted by atomic mass is 10.2. The zero-order chi connectivity index (χ0) is 14.5. The standard InChI is InChI=1S/C13H15N3O4/c1-20-11-5-2-8(6-10(11)17)7-14-16-13(19)12(18)15-9-3-4-9/h2,5-7,9,17H,3-4H2,1H3,(H,15,18)(H,16,19)/b14-7-. The van der Waals surface area contributed by atoms with E-state index in [1.165, 1.54) is 19.4 Å². The van der Waals surface area contributed by atoms with Crippen LogP contribution in [0.3, 0.4) is 0 Å². The molecule has 20 heavy (non-hydrogen) atoms. The Morgan fingerprint density at radius 2 is 2.15 bits per heavy atom. The molecule has 0 aliphatic heterocycles. The molecule has 1 saturated carbocycles. The number of ether oxygens (including phenoxy) is 1. The van der Waals surface area contributed by atoms with Gasteiger partial charge in [-0.1, -0.05) is 0 Å². The number of aromatic hydroxyl groups is 1. The Morgan fingerprint density at radius 1 is 1.40 bits per heavy atom. The van der Waals surface area contributed by atoms with Gasteiger partial charge < -0.3 is 15.2 Å². The van der Waals surface area contributed by atoms with Crippen LogP contribution in [0.4, 0.5) is 0 Å². The molecular weight excluding hydrogens is 262 g/mol. The van der Waals surface area contributed by atoms with Crippen LogP contribution in [0.15, 0.2) is 23.3 Å². The first-order valence-electron chi connectivity index (χ1n) is 6.11. The van der Waals surface area contributed by atoms with Crippen LogP contribution in [-0.2, 0) is 9.59 Å². The number of carbonyl (C=O) groups excluding carboxylic acids is 2. The molecule has 0 atom stereocenters. The molecule has 2 rings (SSSR count). The molecule has 0 heterocycles. The van der Waals surface area contributed by atoms with Gasteiger partial charge in [0.1, 0.15) is 0 Å². The zero-order valence-electron chi connectivity index (χ0n) is 10.9. The van der Waals surface area contributed by atoms with E-state index >= 15 is 0 Å². The summed E-state index contributed by atoms with van der Waals surface area (Å²) in [6.07, 6.45) is 3.14. The number of nitrogens with one attached hydrogen (secondary N) is 2. The average molecular weight is 277 g/mol. The summed E-state index contributed by atoms with van der Waals surface area (Å²) in [5, 5.41) is 15.8. The molecule has 7 heteroatoms. The van der Waals surface area contributed by atoms with E-state index in [-0.39, 0.29) is 11.8 Å². The fraction of sp³-hybridized carbons (Fsp3) is 0.308. The largest absolute Gasteiger partial charge is 0.504 e. The van der Waals surface area contributed by atoms with Gasteiger partial charge in [-0.3, -0.25) is 9.59 Å². The lowest BCUT2D eigenvalue weighted by Gasteiger charge is -2.03. The number of hydrazone groups is 1. The van der Waals surface area contributed by atoms with Crippen LogP contribution in [0.25, 0.3) is 0 Å². The molecule has 7 nitrogen and oxygen atoms in total. The number of carbonyl (C=O) groups is 2. The van der Waals surface area contributed by atoms with E-state index in [1.54, 1.807) is 12.1 Å². The van der Waals surface area contributed by atoms with Crippen LogP contribution in [0.5, 0.6) is 11.5 Å². The number of phenols is 1. The number of hydrogen-bond donors (Lipinski definition) is 3. The normalized spacial score (nSPS) is 14.1. The Hall–Kier alpha value is -2.57. The number of rotatable bonds is 4. The Bertz CT molecular complexity index is 553. The van der Waals surface area contributed by atoms with Crippen molar-refractivity contribution >= 4 is 18.0 Å². The molecule has 0 spiro atoms. The quantitative estimate of drug-likeness (QED) is 0.414. The van der Waals surface area contributed by atoms with E-state index in [2.05, 4.69) is 15.8 Å². The van der Waals surface area contributed by atoms with E-state index in [4.69, 9.17) is 4.74 Å². The minimum atomic E-state index is -0.814. The van der Waals surface area contributed by atoms with Crippen LogP contribution in [0, 0.1) is 0 Å². The molecule has 1 aromatic carbocycles. The van der Waals surface area contributed by atoms with Gasteiger partial charge in [-0.15, -0.1) is 0 Å². The second-order valence-electron chi connectivity index (χ2n) is 4.38. The van der Waals surface area contributed by atoms with E-state index in [0.29, 0.717) is 11.3 Å². The van der Waals surface area contributed by atoms with Crippen molar-refractivity contribution in [2.24, 2.45) is 5.10 Å². The van der Waals surface area contributed by atoms with Gasteiger partial charge in [0.15, 0.2) is 11.5 Å². The van der Waals surface area contributed by atoms with E-state index < -0.39 is 11.8 Å². The highest BCUT2D eigenvalue weighted by molar-refractivity contribution is 6.35. The fourth-order valence-electron chi connectivity index (χ4n) is 1.48. The highest BCUT2D eigenvalue weighted by Gasteiger charge is 2.26. The maximum absolute atomic E-state index is 11.4. The van der Waals surface area contributed by atoms with Gasteiger partial charge in [-0.2, -0.15) is 5.10 Å². The second-order valence-corrected chi connectivity index (χ2v) is 4.38. The first-order valence-corrected chi connectivity index (χ1v) is 6.11. The molecule has 1 aliphatic rings. The predicted molar refractivity (Wildman–Crippen MR) is 71.6 cm³/mol. The lowest BCUT2D eigenvalue weighted by molar-refractivity contribution is -0.139. The van der Waals surface area contributed by atoms with Crippen molar-refractivity contribution in [2.45, 2.75) is 18.9 Å². The van der Waals surface area contributed by atoms with Crippen molar-refractivity contribution < 1.29 is 19.4 Å². The van der Waals surface area contributed by atoms with Gasteiger partial charge in [0.2, 0.25) is 0 Å². The third-order valence-electron chi connectivity index (χ3n) is 2.70. The van der Waals surface area contributed by atoms with Gasteiger partial charge in [0.05, 0.1) is 13.3 Å². The summed E-state index contributed by atoms with van der Waals surface area (Å²) in [5.41, 5.74) is 2.68. The van der Waals surface area contributed by atoms with Crippen LogP contribution < -0.4 is 15.5 Å². The summed E-state index contributed by atoms with van der Waals surface area (Å²) in [4.78, 5) is 22.7. The lowest BCUT2D eigenvalue weighted by Crippen LogP contribution is -2.38. The summed E-state index contributed by atoms with van der Waals surface area (Å²) in [6.45, 7) is 0. The molecule has 0 aromatic heterocycles. The van der Waals surface area contributed by atoms with Gasteiger partial charge in [0.25, 0.3) is 0 Å². The maximum atomic E-state index is 11.4. The first-order chi connectivity index (χ1) is 9.60. The number of methoxy groups -OCH3 is 1. The Kier molecular flexibility index (Phi) is 4.19. The van der Waals surface area contributed by atoms with Crippen LogP contribution in [-0.4, -0.2) is 36.3 Å². The molecule has 1 aliphatic carbocycles. The predicted octanol–water partition coefficient (Wildman–Crippen LogP) is 0.129. The van der Waals surface area contributed by atoms with Crippen molar-refractivity contribution in [3.05, 3.63) is 23.8 Å². The number of amides is 2. The van der Waals surface area contributed by atoms with Crippen molar-refractivity contribution in [2.75, 3.05) is 7.11 Å². The molecule has 106 valence electrons. The third kappa shape index (κ3) is 3.71. The van der Waals surface area contributed by atoms with Crippen molar-refractivity contribution in [1.29, 1.82) is 0 Å². The molecule has 0 bridgehead atoms. The molecule has 1 aromatic rings. The van der Waals surface area contributed by atoms with E-state index in [9.17, 15) is 14.7 Å². The van der Waals surface area contributed by atoms with Gasteiger partial charge >= 0.3 is 11.8 Å². The summed E-state index contributed by atoms with van der Waals surface area (Å²) in [5.74, 6) is -1.20. The average Bonchev–Trinajstić information content (AvgIpc) is 3.22. The minimum Gasteiger partial charge on any atom is -0.504 e. The summed E-state index contributed by atoms with van der Waals surface area (Å²) >= 11 is 0. The summed E-state index contributed by atoms with van der Waals surface area (Å²) in [6, 6.07) is 4.77.